The van der Waals surface area contributed by atoms with Crippen LogP contribution in [0.4, 0.5) is 8.78 Å². The van der Waals surface area contributed by atoms with E-state index in [1.807, 2.05) is 0 Å². The molecule has 0 radical (unpaired) electrons. The standard InChI is InChI=1S/C12H17F2NO2/c1-15(7-11(17)8-16)5-4-9-2-3-10(13)6-12(9)14/h2-3,6,11,16-17H,4-5,7-8H2,1H3. The molecule has 0 spiro atoms. The fourth-order valence-corrected chi connectivity index (χ4v) is 1.54. The van der Waals surface area contributed by atoms with Crippen LogP contribution in [0.1, 0.15) is 5.56 Å². The molecular weight excluding hydrogens is 228 g/mol. The summed E-state index contributed by atoms with van der Waals surface area (Å²) in [5.74, 6) is -1.14. The molecule has 3 nitrogen and oxygen atoms in total. The number of halogens is 2. The minimum absolute atomic E-state index is 0.296. The lowest BCUT2D eigenvalue weighted by molar-refractivity contribution is 0.0669. The van der Waals surface area contributed by atoms with Gasteiger partial charge in [-0.15, -0.1) is 0 Å². The Balaban J connectivity index is 2.44. The maximum Gasteiger partial charge on any atom is 0.129 e. The van der Waals surface area contributed by atoms with E-state index in [0.29, 0.717) is 25.1 Å². The summed E-state index contributed by atoms with van der Waals surface area (Å²) in [5.41, 5.74) is 0.441. The highest BCUT2D eigenvalue weighted by molar-refractivity contribution is 5.18. The van der Waals surface area contributed by atoms with E-state index in [2.05, 4.69) is 0 Å². The topological polar surface area (TPSA) is 43.7 Å². The first-order chi connectivity index (χ1) is 8.02. The van der Waals surface area contributed by atoms with Crippen LogP contribution in [-0.4, -0.2) is 48.0 Å². The zero-order chi connectivity index (χ0) is 12.8. The summed E-state index contributed by atoms with van der Waals surface area (Å²) in [6.45, 7) is 0.550. The molecule has 0 heterocycles. The number of rotatable bonds is 6. The second-order valence-corrected chi connectivity index (χ2v) is 4.08. The van der Waals surface area contributed by atoms with Gasteiger partial charge in [-0.2, -0.15) is 0 Å². The molecule has 0 saturated carbocycles. The van der Waals surface area contributed by atoms with Gasteiger partial charge in [0, 0.05) is 19.2 Å². The number of benzene rings is 1. The van der Waals surface area contributed by atoms with Crippen molar-refractivity contribution in [2.24, 2.45) is 0 Å². The average Bonchev–Trinajstić information content (AvgIpc) is 2.27. The van der Waals surface area contributed by atoms with Gasteiger partial charge < -0.3 is 15.1 Å². The Kier molecular flexibility index (Phi) is 5.47. The maximum absolute atomic E-state index is 13.3. The third-order valence-electron chi connectivity index (χ3n) is 2.51. The summed E-state index contributed by atoms with van der Waals surface area (Å²) in [6, 6.07) is 3.50. The Morgan fingerprint density at radius 3 is 2.65 bits per heavy atom. The highest BCUT2D eigenvalue weighted by Crippen LogP contribution is 2.10. The lowest BCUT2D eigenvalue weighted by Gasteiger charge is -2.19. The molecule has 1 unspecified atom stereocenters. The lowest BCUT2D eigenvalue weighted by Crippen LogP contribution is -2.32. The Morgan fingerprint density at radius 1 is 1.35 bits per heavy atom. The molecule has 1 atom stereocenters. The number of likely N-dealkylation sites (N-methyl/N-ethyl adjacent to an activating group) is 1. The summed E-state index contributed by atoms with van der Waals surface area (Å²) in [7, 11) is 1.76. The Morgan fingerprint density at radius 2 is 2.06 bits per heavy atom. The second kappa shape index (κ2) is 6.64. The van der Waals surface area contributed by atoms with Crippen molar-refractivity contribution in [3.8, 4) is 0 Å². The summed E-state index contributed by atoms with van der Waals surface area (Å²) in [4.78, 5) is 1.78. The van der Waals surface area contributed by atoms with Crippen molar-refractivity contribution in [2.45, 2.75) is 12.5 Å². The van der Waals surface area contributed by atoms with Gasteiger partial charge in [-0.05, 0) is 25.1 Å². The van der Waals surface area contributed by atoms with E-state index < -0.39 is 17.7 Å². The van der Waals surface area contributed by atoms with Gasteiger partial charge in [-0.1, -0.05) is 6.07 Å². The van der Waals surface area contributed by atoms with Crippen molar-refractivity contribution < 1.29 is 19.0 Å². The van der Waals surface area contributed by atoms with Crippen molar-refractivity contribution in [1.29, 1.82) is 0 Å². The molecule has 1 aromatic rings. The van der Waals surface area contributed by atoms with Crippen LogP contribution in [0.25, 0.3) is 0 Å². The van der Waals surface area contributed by atoms with Crippen LogP contribution in [0.3, 0.4) is 0 Å². The molecule has 0 aliphatic carbocycles. The van der Waals surface area contributed by atoms with Gasteiger partial charge in [0.1, 0.15) is 11.6 Å². The predicted molar refractivity (Wildman–Crippen MR) is 60.7 cm³/mol. The van der Waals surface area contributed by atoms with Crippen LogP contribution in [0.15, 0.2) is 18.2 Å². The second-order valence-electron chi connectivity index (χ2n) is 4.08. The van der Waals surface area contributed by atoms with E-state index >= 15 is 0 Å². The molecule has 17 heavy (non-hydrogen) atoms. The van der Waals surface area contributed by atoms with E-state index in [1.54, 1.807) is 11.9 Å². The molecule has 0 bridgehead atoms. The Bertz CT molecular complexity index is 360. The first-order valence-corrected chi connectivity index (χ1v) is 5.44. The maximum atomic E-state index is 13.3. The number of hydrogen-bond acceptors (Lipinski definition) is 3. The predicted octanol–water partition coefficient (Wildman–Crippen LogP) is 0.792. The largest absolute Gasteiger partial charge is 0.394 e. The normalized spacial score (nSPS) is 13.1. The fraction of sp³-hybridized carbons (Fsp3) is 0.500. The molecule has 0 aliphatic heterocycles. The molecule has 96 valence electrons. The molecular formula is C12H17F2NO2. The fourth-order valence-electron chi connectivity index (χ4n) is 1.54. The van der Waals surface area contributed by atoms with Gasteiger partial charge in [-0.25, -0.2) is 8.78 Å². The summed E-state index contributed by atoms with van der Waals surface area (Å²) in [5, 5.41) is 17.9. The Labute approximate surface area is 99.3 Å². The third kappa shape index (κ3) is 4.77. The molecule has 1 aromatic carbocycles. The van der Waals surface area contributed by atoms with Gasteiger partial charge in [0.25, 0.3) is 0 Å². The van der Waals surface area contributed by atoms with Gasteiger partial charge >= 0.3 is 0 Å². The van der Waals surface area contributed by atoms with Gasteiger partial charge in [0.2, 0.25) is 0 Å². The van der Waals surface area contributed by atoms with Crippen molar-refractivity contribution in [2.75, 3.05) is 26.7 Å². The van der Waals surface area contributed by atoms with Crippen molar-refractivity contribution >= 4 is 0 Å². The van der Waals surface area contributed by atoms with Gasteiger partial charge in [0.15, 0.2) is 0 Å². The summed E-state index contributed by atoms with van der Waals surface area (Å²) < 4.78 is 25.9. The number of aliphatic hydroxyl groups excluding tert-OH is 2. The zero-order valence-corrected chi connectivity index (χ0v) is 9.74. The molecule has 0 saturated heterocycles. The molecule has 0 fully saturated rings. The van der Waals surface area contributed by atoms with Crippen molar-refractivity contribution in [3.05, 3.63) is 35.4 Å². The summed E-state index contributed by atoms with van der Waals surface area (Å²) >= 11 is 0. The Hall–Kier alpha value is -1.04. The minimum atomic E-state index is -0.793. The number of aliphatic hydroxyl groups is 2. The first kappa shape index (κ1) is 14.0. The minimum Gasteiger partial charge on any atom is -0.394 e. The SMILES string of the molecule is CN(CCc1ccc(F)cc1F)CC(O)CO. The zero-order valence-electron chi connectivity index (χ0n) is 9.74. The molecule has 5 heteroatoms. The molecule has 1 rings (SSSR count). The quantitative estimate of drug-likeness (QED) is 0.779. The van der Waals surface area contributed by atoms with Crippen LogP contribution in [0.5, 0.6) is 0 Å². The molecule has 2 N–H and O–H groups in total. The van der Waals surface area contributed by atoms with E-state index in [9.17, 15) is 13.9 Å². The summed E-state index contributed by atoms with van der Waals surface area (Å²) in [6.07, 6.45) is -0.362. The number of nitrogens with zero attached hydrogens (tertiary/aromatic N) is 1. The molecule has 0 aliphatic rings. The first-order valence-electron chi connectivity index (χ1n) is 5.44. The molecule has 0 aromatic heterocycles. The van der Waals surface area contributed by atoms with Crippen molar-refractivity contribution in [3.63, 3.8) is 0 Å². The van der Waals surface area contributed by atoms with E-state index in [1.165, 1.54) is 12.1 Å². The highest BCUT2D eigenvalue weighted by Gasteiger charge is 2.08. The highest BCUT2D eigenvalue weighted by atomic mass is 19.1. The van der Waals surface area contributed by atoms with Crippen LogP contribution >= 0.6 is 0 Å². The van der Waals surface area contributed by atoms with Crippen LogP contribution in [0, 0.1) is 11.6 Å². The van der Waals surface area contributed by atoms with E-state index in [4.69, 9.17) is 5.11 Å². The van der Waals surface area contributed by atoms with E-state index in [0.717, 1.165) is 6.07 Å². The van der Waals surface area contributed by atoms with Gasteiger partial charge in [-0.3, -0.25) is 0 Å². The van der Waals surface area contributed by atoms with Crippen LogP contribution in [-0.2, 0) is 6.42 Å². The monoisotopic (exact) mass is 245 g/mol. The van der Waals surface area contributed by atoms with E-state index in [-0.39, 0.29) is 6.61 Å². The number of hydrogen-bond donors (Lipinski definition) is 2. The molecule has 0 amide bonds. The smallest absolute Gasteiger partial charge is 0.129 e. The van der Waals surface area contributed by atoms with Crippen LogP contribution < -0.4 is 0 Å². The lowest BCUT2D eigenvalue weighted by atomic mass is 10.1. The van der Waals surface area contributed by atoms with Crippen molar-refractivity contribution in [1.82, 2.24) is 4.90 Å². The third-order valence-corrected chi connectivity index (χ3v) is 2.51. The van der Waals surface area contributed by atoms with Crippen LogP contribution in [0.2, 0.25) is 0 Å². The average molecular weight is 245 g/mol. The van der Waals surface area contributed by atoms with Gasteiger partial charge in [0.05, 0.1) is 12.7 Å².